The number of aromatic amines is 1. The van der Waals surface area contributed by atoms with Gasteiger partial charge in [0, 0.05) is 34.4 Å². The molecule has 3 rings (SSSR count). The third-order valence-electron chi connectivity index (χ3n) is 3.21. The Kier molecular flexibility index (Phi) is 3.43. The maximum atomic E-state index is 5.87. The maximum Gasteiger partial charge on any atom is 0.0455 e. The smallest absolute Gasteiger partial charge is 0.0455 e. The summed E-state index contributed by atoms with van der Waals surface area (Å²) >= 11 is 5.87. The van der Waals surface area contributed by atoms with Gasteiger partial charge in [0.25, 0.3) is 0 Å². The number of hydrogen-bond donors (Lipinski definition) is 2. The molecule has 0 saturated heterocycles. The number of fused-ring (bicyclic) bond motifs is 1. The van der Waals surface area contributed by atoms with Gasteiger partial charge in [-0.2, -0.15) is 0 Å². The number of rotatable bonds is 4. The van der Waals surface area contributed by atoms with E-state index in [9.17, 15) is 0 Å². The minimum absolute atomic E-state index is 0.787. The summed E-state index contributed by atoms with van der Waals surface area (Å²) in [6, 6.07) is 16.4. The molecule has 3 heteroatoms. The van der Waals surface area contributed by atoms with Crippen LogP contribution in [0.4, 0.5) is 5.69 Å². The van der Waals surface area contributed by atoms with Gasteiger partial charge >= 0.3 is 0 Å². The lowest BCUT2D eigenvalue weighted by molar-refractivity contribution is 1.02. The van der Waals surface area contributed by atoms with Gasteiger partial charge in [-0.15, -0.1) is 0 Å². The summed E-state index contributed by atoms with van der Waals surface area (Å²) < 4.78 is 0. The van der Waals surface area contributed by atoms with Gasteiger partial charge < -0.3 is 10.3 Å². The quantitative estimate of drug-likeness (QED) is 0.719. The fourth-order valence-electron chi connectivity index (χ4n) is 2.17. The highest BCUT2D eigenvalue weighted by atomic mass is 35.5. The number of halogens is 1. The van der Waals surface area contributed by atoms with E-state index in [0.29, 0.717) is 0 Å². The Hall–Kier alpha value is -1.93. The molecule has 0 saturated carbocycles. The highest BCUT2D eigenvalue weighted by Crippen LogP contribution is 2.18. The normalized spacial score (nSPS) is 10.8. The molecule has 1 heterocycles. The van der Waals surface area contributed by atoms with Crippen LogP contribution in [0.1, 0.15) is 5.56 Å². The van der Waals surface area contributed by atoms with Gasteiger partial charge in [-0.1, -0.05) is 23.7 Å². The van der Waals surface area contributed by atoms with Crippen molar-refractivity contribution in [2.45, 2.75) is 6.42 Å². The Balaban J connectivity index is 1.61. The Morgan fingerprint density at radius 3 is 2.68 bits per heavy atom. The second-order valence-electron chi connectivity index (χ2n) is 4.58. The number of hydrogen-bond acceptors (Lipinski definition) is 1. The van der Waals surface area contributed by atoms with E-state index in [1.54, 1.807) is 0 Å². The summed E-state index contributed by atoms with van der Waals surface area (Å²) in [4.78, 5) is 3.19. The van der Waals surface area contributed by atoms with Crippen molar-refractivity contribution in [3.63, 3.8) is 0 Å². The minimum Gasteiger partial charge on any atom is -0.385 e. The first-order valence-corrected chi connectivity index (χ1v) is 6.74. The van der Waals surface area contributed by atoms with Crippen LogP contribution in [0.3, 0.4) is 0 Å². The molecule has 0 bridgehead atoms. The van der Waals surface area contributed by atoms with Crippen LogP contribution in [0.5, 0.6) is 0 Å². The van der Waals surface area contributed by atoms with Gasteiger partial charge in [0.2, 0.25) is 0 Å². The first kappa shape index (κ1) is 12.1. The average molecular weight is 271 g/mol. The van der Waals surface area contributed by atoms with E-state index in [1.807, 2.05) is 18.3 Å². The molecule has 19 heavy (non-hydrogen) atoms. The van der Waals surface area contributed by atoms with Crippen molar-refractivity contribution in [1.29, 1.82) is 0 Å². The fourth-order valence-corrected chi connectivity index (χ4v) is 2.29. The summed E-state index contributed by atoms with van der Waals surface area (Å²) in [5.74, 6) is 0. The summed E-state index contributed by atoms with van der Waals surface area (Å²) in [5, 5.41) is 5.46. The number of aromatic nitrogens is 1. The summed E-state index contributed by atoms with van der Waals surface area (Å²) in [6.07, 6.45) is 2.95. The standard InChI is InChI=1S/C16H15ClN2/c17-14-3-1-12(2-4-14)7-9-18-15-5-6-16-13(11-15)8-10-19-16/h1-6,8,10-11,18-19H,7,9H2. The lowest BCUT2D eigenvalue weighted by Gasteiger charge is -2.07. The summed E-state index contributed by atoms with van der Waals surface area (Å²) in [5.41, 5.74) is 3.61. The topological polar surface area (TPSA) is 27.8 Å². The van der Waals surface area contributed by atoms with Crippen molar-refractivity contribution in [3.8, 4) is 0 Å². The molecule has 0 aliphatic rings. The Labute approximate surface area is 117 Å². The fraction of sp³-hybridized carbons (Fsp3) is 0.125. The van der Waals surface area contributed by atoms with E-state index >= 15 is 0 Å². The highest BCUT2D eigenvalue weighted by Gasteiger charge is 1.97. The first-order valence-electron chi connectivity index (χ1n) is 6.37. The molecule has 0 spiro atoms. The van der Waals surface area contributed by atoms with Crippen molar-refractivity contribution in [2.75, 3.05) is 11.9 Å². The Morgan fingerprint density at radius 2 is 1.84 bits per heavy atom. The van der Waals surface area contributed by atoms with Crippen LogP contribution in [-0.2, 0) is 6.42 Å². The van der Waals surface area contributed by atoms with E-state index in [1.165, 1.54) is 16.5 Å². The van der Waals surface area contributed by atoms with E-state index < -0.39 is 0 Å². The lowest BCUT2D eigenvalue weighted by Crippen LogP contribution is -2.04. The van der Waals surface area contributed by atoms with E-state index in [4.69, 9.17) is 11.6 Å². The highest BCUT2D eigenvalue weighted by molar-refractivity contribution is 6.30. The molecular weight excluding hydrogens is 256 g/mol. The second-order valence-corrected chi connectivity index (χ2v) is 5.02. The van der Waals surface area contributed by atoms with Crippen LogP contribution in [-0.4, -0.2) is 11.5 Å². The van der Waals surface area contributed by atoms with Crippen molar-refractivity contribution >= 4 is 28.2 Å². The molecule has 0 aliphatic heterocycles. The molecule has 0 aliphatic carbocycles. The van der Waals surface area contributed by atoms with Crippen molar-refractivity contribution in [1.82, 2.24) is 4.98 Å². The zero-order valence-electron chi connectivity index (χ0n) is 10.5. The second kappa shape index (κ2) is 5.37. The van der Waals surface area contributed by atoms with Gasteiger partial charge in [-0.3, -0.25) is 0 Å². The van der Waals surface area contributed by atoms with E-state index in [-0.39, 0.29) is 0 Å². The lowest BCUT2D eigenvalue weighted by atomic mass is 10.1. The largest absolute Gasteiger partial charge is 0.385 e. The van der Waals surface area contributed by atoms with Crippen LogP contribution in [0.25, 0.3) is 10.9 Å². The van der Waals surface area contributed by atoms with Gasteiger partial charge in [0.05, 0.1) is 0 Å². The molecule has 0 radical (unpaired) electrons. The molecule has 0 amide bonds. The molecule has 1 aromatic heterocycles. The van der Waals surface area contributed by atoms with Crippen LogP contribution >= 0.6 is 11.6 Å². The third-order valence-corrected chi connectivity index (χ3v) is 3.46. The molecule has 0 atom stereocenters. The van der Waals surface area contributed by atoms with Crippen LogP contribution < -0.4 is 5.32 Å². The molecular formula is C16H15ClN2. The third kappa shape index (κ3) is 2.91. The average Bonchev–Trinajstić information content (AvgIpc) is 2.88. The monoisotopic (exact) mass is 270 g/mol. The molecule has 2 nitrogen and oxygen atoms in total. The zero-order chi connectivity index (χ0) is 13.1. The van der Waals surface area contributed by atoms with E-state index in [2.05, 4.69) is 46.7 Å². The van der Waals surface area contributed by atoms with E-state index in [0.717, 1.165) is 23.7 Å². The Morgan fingerprint density at radius 1 is 1.00 bits per heavy atom. The van der Waals surface area contributed by atoms with Crippen LogP contribution in [0, 0.1) is 0 Å². The van der Waals surface area contributed by atoms with Crippen molar-refractivity contribution < 1.29 is 0 Å². The van der Waals surface area contributed by atoms with Crippen LogP contribution in [0.2, 0.25) is 5.02 Å². The maximum absolute atomic E-state index is 5.87. The minimum atomic E-state index is 0.787. The van der Waals surface area contributed by atoms with Gasteiger partial charge in [0.15, 0.2) is 0 Å². The SMILES string of the molecule is Clc1ccc(CCNc2ccc3[nH]ccc3c2)cc1. The number of benzene rings is 2. The van der Waals surface area contributed by atoms with Crippen LogP contribution in [0.15, 0.2) is 54.7 Å². The number of H-pyrrole nitrogens is 1. The molecule has 3 aromatic rings. The molecule has 0 fully saturated rings. The molecule has 2 N–H and O–H groups in total. The molecule has 2 aromatic carbocycles. The molecule has 0 unspecified atom stereocenters. The number of nitrogens with one attached hydrogen (secondary N) is 2. The summed E-state index contributed by atoms with van der Waals surface area (Å²) in [7, 11) is 0. The number of anilines is 1. The predicted octanol–water partition coefficient (Wildman–Crippen LogP) is 4.48. The molecule has 96 valence electrons. The Bertz CT molecular complexity index is 671. The zero-order valence-corrected chi connectivity index (χ0v) is 11.2. The van der Waals surface area contributed by atoms with Gasteiger partial charge in [-0.05, 0) is 48.4 Å². The first-order chi connectivity index (χ1) is 9.31. The van der Waals surface area contributed by atoms with Crippen molar-refractivity contribution in [3.05, 3.63) is 65.3 Å². The van der Waals surface area contributed by atoms with Gasteiger partial charge in [-0.25, -0.2) is 0 Å². The van der Waals surface area contributed by atoms with Crippen molar-refractivity contribution in [2.24, 2.45) is 0 Å². The predicted molar refractivity (Wildman–Crippen MR) is 81.9 cm³/mol. The summed E-state index contributed by atoms with van der Waals surface area (Å²) in [6.45, 7) is 0.914. The van der Waals surface area contributed by atoms with Gasteiger partial charge in [0.1, 0.15) is 0 Å².